The number of urea groups is 1. The molecule has 1 N–H and O–H groups in total. The maximum Gasteiger partial charge on any atom is 0.326 e. The molecule has 2 amide bonds. The van der Waals surface area contributed by atoms with Gasteiger partial charge in [0.15, 0.2) is 0 Å². The number of likely N-dealkylation sites (tertiary alicyclic amines) is 1. The van der Waals surface area contributed by atoms with E-state index in [9.17, 15) is 9.18 Å². The minimum atomic E-state index is -0.233. The van der Waals surface area contributed by atoms with Crippen LogP contribution in [-0.2, 0) is 5.41 Å². The predicted octanol–water partition coefficient (Wildman–Crippen LogP) is 4.63. The van der Waals surface area contributed by atoms with E-state index in [4.69, 9.17) is 4.74 Å². The molecule has 1 aliphatic carbocycles. The molecule has 0 atom stereocenters. The highest BCUT2D eigenvalue weighted by molar-refractivity contribution is 6.03. The molecule has 0 radical (unpaired) electrons. The number of nitrogens with one attached hydrogen (secondary N) is 1. The van der Waals surface area contributed by atoms with Crippen molar-refractivity contribution in [3.63, 3.8) is 0 Å². The lowest BCUT2D eigenvalue weighted by atomic mass is 9.74. The van der Waals surface area contributed by atoms with Gasteiger partial charge in [0.2, 0.25) is 0 Å². The number of ether oxygens (including phenoxy) is 1. The summed E-state index contributed by atoms with van der Waals surface area (Å²) in [6.07, 6.45) is 4.63. The van der Waals surface area contributed by atoms with E-state index in [1.807, 2.05) is 18.2 Å². The van der Waals surface area contributed by atoms with Crippen LogP contribution in [0.2, 0.25) is 0 Å². The fourth-order valence-electron chi connectivity index (χ4n) is 4.97. The number of benzene rings is 2. The zero-order valence-electron chi connectivity index (χ0n) is 17.4. The Bertz CT molecular complexity index is 951. The highest BCUT2D eigenvalue weighted by atomic mass is 19.1. The highest BCUT2D eigenvalue weighted by Gasteiger charge is 2.47. The van der Waals surface area contributed by atoms with Crippen LogP contribution < -0.4 is 15.0 Å². The molecule has 5 nitrogen and oxygen atoms in total. The van der Waals surface area contributed by atoms with Crippen LogP contribution in [-0.4, -0.2) is 44.2 Å². The van der Waals surface area contributed by atoms with Gasteiger partial charge in [-0.3, -0.25) is 4.90 Å². The van der Waals surface area contributed by atoms with Crippen molar-refractivity contribution in [3.8, 4) is 5.75 Å². The first-order valence-electron chi connectivity index (χ1n) is 10.8. The average molecular weight is 410 g/mol. The third-order valence-electron chi connectivity index (χ3n) is 6.87. The number of fused-ring (bicyclic) bond motifs is 2. The van der Waals surface area contributed by atoms with E-state index in [0.29, 0.717) is 18.0 Å². The van der Waals surface area contributed by atoms with Gasteiger partial charge in [-0.15, -0.1) is 0 Å². The van der Waals surface area contributed by atoms with Gasteiger partial charge in [-0.25, -0.2) is 9.18 Å². The zero-order valence-corrected chi connectivity index (χ0v) is 17.4. The van der Waals surface area contributed by atoms with Gasteiger partial charge in [0.25, 0.3) is 0 Å². The summed E-state index contributed by atoms with van der Waals surface area (Å²) in [5, 5.41) is 2.98. The Morgan fingerprint density at radius 2 is 2.00 bits per heavy atom. The first-order chi connectivity index (χ1) is 14.6. The molecule has 6 heteroatoms. The molecular weight excluding hydrogens is 381 g/mol. The van der Waals surface area contributed by atoms with Crippen LogP contribution in [0, 0.1) is 11.7 Å². The Kier molecular flexibility index (Phi) is 4.89. The average Bonchev–Trinajstić information content (AvgIpc) is 3.52. The summed E-state index contributed by atoms with van der Waals surface area (Å²) >= 11 is 0. The summed E-state index contributed by atoms with van der Waals surface area (Å²) in [6, 6.07) is 12.0. The van der Waals surface area contributed by atoms with Gasteiger partial charge < -0.3 is 15.0 Å². The Labute approximate surface area is 176 Å². The van der Waals surface area contributed by atoms with Crippen molar-refractivity contribution in [1.29, 1.82) is 0 Å². The third kappa shape index (κ3) is 3.65. The molecule has 158 valence electrons. The molecule has 0 aromatic heterocycles. The van der Waals surface area contributed by atoms with E-state index in [2.05, 4.69) is 10.2 Å². The topological polar surface area (TPSA) is 44.8 Å². The van der Waals surface area contributed by atoms with Crippen molar-refractivity contribution in [2.24, 2.45) is 5.92 Å². The summed E-state index contributed by atoms with van der Waals surface area (Å²) in [5.41, 5.74) is 2.33. The molecule has 2 heterocycles. The van der Waals surface area contributed by atoms with Gasteiger partial charge in [-0.2, -0.15) is 0 Å². The van der Waals surface area contributed by atoms with Crippen molar-refractivity contribution >= 4 is 17.4 Å². The molecule has 0 unspecified atom stereocenters. The quantitative estimate of drug-likeness (QED) is 0.801. The summed E-state index contributed by atoms with van der Waals surface area (Å²) in [7, 11) is 1.60. The molecule has 2 aromatic rings. The Hall–Kier alpha value is -2.60. The van der Waals surface area contributed by atoms with Crippen LogP contribution >= 0.6 is 0 Å². The summed E-state index contributed by atoms with van der Waals surface area (Å²) in [4.78, 5) is 17.5. The normalized spacial score (nSPS) is 20.3. The monoisotopic (exact) mass is 409 g/mol. The Balaban J connectivity index is 1.37. The molecule has 30 heavy (non-hydrogen) atoms. The van der Waals surface area contributed by atoms with Crippen LogP contribution in [0.4, 0.5) is 20.6 Å². The second kappa shape index (κ2) is 7.58. The van der Waals surface area contributed by atoms with Gasteiger partial charge in [-0.05, 0) is 80.6 Å². The minimum absolute atomic E-state index is 0.163. The Morgan fingerprint density at radius 3 is 2.73 bits per heavy atom. The Morgan fingerprint density at radius 1 is 1.20 bits per heavy atom. The van der Waals surface area contributed by atoms with Crippen molar-refractivity contribution in [1.82, 2.24) is 4.90 Å². The fourth-order valence-corrected chi connectivity index (χ4v) is 4.97. The standard InChI is InChI=1S/C24H28FN3O2/c1-30-20-4-2-3-19(14-20)26-23(29)28-16-24(21-13-18(25)7-8-22(21)28)9-11-27(12-10-24)15-17-5-6-17/h2-4,7-8,13-14,17H,5-6,9-12,15-16H2,1H3,(H,26,29). The van der Waals surface area contributed by atoms with Gasteiger partial charge in [0, 0.05) is 35.9 Å². The van der Waals surface area contributed by atoms with Crippen LogP contribution in [0.1, 0.15) is 31.2 Å². The molecule has 1 saturated carbocycles. The van der Waals surface area contributed by atoms with Crippen molar-refractivity contribution in [2.75, 3.05) is 43.5 Å². The maximum atomic E-state index is 14.2. The number of amides is 2. The number of hydrogen-bond acceptors (Lipinski definition) is 3. The van der Waals surface area contributed by atoms with E-state index < -0.39 is 0 Å². The molecule has 0 bridgehead atoms. The molecule has 3 aliphatic rings. The number of methoxy groups -OCH3 is 1. The van der Waals surface area contributed by atoms with Gasteiger partial charge in [-0.1, -0.05) is 6.07 Å². The van der Waals surface area contributed by atoms with E-state index in [0.717, 1.165) is 43.1 Å². The van der Waals surface area contributed by atoms with E-state index in [-0.39, 0.29) is 17.3 Å². The number of halogens is 1. The number of nitrogens with zero attached hydrogens (tertiary/aromatic N) is 2. The van der Waals surface area contributed by atoms with E-state index in [1.165, 1.54) is 25.5 Å². The summed E-state index contributed by atoms with van der Waals surface area (Å²) in [6.45, 7) is 3.81. The molecule has 2 aromatic carbocycles. The van der Waals surface area contributed by atoms with Crippen LogP contribution in [0.5, 0.6) is 5.75 Å². The van der Waals surface area contributed by atoms with Crippen LogP contribution in [0.25, 0.3) is 0 Å². The maximum absolute atomic E-state index is 14.2. The summed E-state index contributed by atoms with van der Waals surface area (Å²) < 4.78 is 19.4. The third-order valence-corrected chi connectivity index (χ3v) is 6.87. The van der Waals surface area contributed by atoms with Gasteiger partial charge in [0.1, 0.15) is 11.6 Å². The lowest BCUT2D eigenvalue weighted by Gasteiger charge is -2.40. The molecular formula is C24H28FN3O2. The van der Waals surface area contributed by atoms with Gasteiger partial charge in [0.05, 0.1) is 7.11 Å². The lowest BCUT2D eigenvalue weighted by Crippen LogP contribution is -2.47. The number of carbonyl (C=O) groups is 1. The van der Waals surface area contributed by atoms with Crippen molar-refractivity contribution in [2.45, 2.75) is 31.1 Å². The molecule has 1 spiro atoms. The first kappa shape index (κ1) is 19.4. The smallest absolute Gasteiger partial charge is 0.326 e. The zero-order chi connectivity index (χ0) is 20.7. The fraction of sp³-hybridized carbons (Fsp3) is 0.458. The number of rotatable bonds is 4. The lowest BCUT2D eigenvalue weighted by molar-refractivity contribution is 0.161. The van der Waals surface area contributed by atoms with Crippen LogP contribution in [0.3, 0.4) is 0 Å². The highest BCUT2D eigenvalue weighted by Crippen LogP contribution is 2.48. The number of piperidine rings is 1. The minimum Gasteiger partial charge on any atom is -0.497 e. The van der Waals surface area contributed by atoms with E-state index in [1.54, 1.807) is 30.2 Å². The predicted molar refractivity (Wildman–Crippen MR) is 116 cm³/mol. The second-order valence-electron chi connectivity index (χ2n) is 8.93. The first-order valence-corrected chi connectivity index (χ1v) is 10.8. The second-order valence-corrected chi connectivity index (χ2v) is 8.93. The number of hydrogen-bond donors (Lipinski definition) is 1. The SMILES string of the molecule is COc1cccc(NC(=O)N2CC3(CCN(CC4CC4)CC3)c3cc(F)ccc32)c1. The van der Waals surface area contributed by atoms with Crippen LogP contribution in [0.15, 0.2) is 42.5 Å². The largest absolute Gasteiger partial charge is 0.497 e. The number of anilines is 2. The van der Waals surface area contributed by atoms with Crippen molar-refractivity contribution in [3.05, 3.63) is 53.8 Å². The van der Waals surface area contributed by atoms with Crippen molar-refractivity contribution < 1.29 is 13.9 Å². The van der Waals surface area contributed by atoms with Gasteiger partial charge >= 0.3 is 6.03 Å². The molecule has 2 aliphatic heterocycles. The summed E-state index contributed by atoms with van der Waals surface area (Å²) in [5.74, 6) is 1.33. The number of carbonyl (C=O) groups excluding carboxylic acids is 1. The molecule has 2 fully saturated rings. The molecule has 5 rings (SSSR count). The van der Waals surface area contributed by atoms with E-state index >= 15 is 0 Å². The molecule has 1 saturated heterocycles.